The van der Waals surface area contributed by atoms with E-state index in [1.54, 1.807) is 7.11 Å². The molecule has 2 saturated carbocycles. The smallest absolute Gasteiger partial charge is 0.246 e. The van der Waals surface area contributed by atoms with Gasteiger partial charge < -0.3 is 25.2 Å². The zero-order chi connectivity index (χ0) is 24.2. The van der Waals surface area contributed by atoms with Gasteiger partial charge in [-0.2, -0.15) is 0 Å². The number of para-hydroxylation sites is 1. The number of hydrogen-bond acceptors (Lipinski definition) is 5. The van der Waals surface area contributed by atoms with Crippen LogP contribution in [0.3, 0.4) is 0 Å². The van der Waals surface area contributed by atoms with Crippen LogP contribution in [0.1, 0.15) is 52.0 Å². The van der Waals surface area contributed by atoms with Crippen LogP contribution in [-0.4, -0.2) is 49.9 Å². The van der Waals surface area contributed by atoms with Crippen molar-refractivity contribution in [3.05, 3.63) is 29.8 Å². The number of carbonyl (C=O) groups is 2. The molecule has 3 rings (SSSR count). The number of methoxy groups -OCH3 is 2. The Hall–Kier alpha value is -2.12. The molecule has 7 atom stereocenters. The average Bonchev–Trinajstić information content (AvgIpc) is 2.79. The SMILES string of the molecule is COCC(=O)N[C@H]1CC[C@@]2(C)CC[C@@H]([C@H](C)C(=O)NCc3ccccc3OC)[C@H](O)[C@H]2[C@H]1C. The highest BCUT2D eigenvalue weighted by Crippen LogP contribution is 2.55. The first kappa shape index (κ1) is 25.5. The second-order valence-electron chi connectivity index (χ2n) is 10.2. The summed E-state index contributed by atoms with van der Waals surface area (Å²) < 4.78 is 10.3. The lowest BCUT2D eigenvalue weighted by Gasteiger charge is -2.56. The van der Waals surface area contributed by atoms with E-state index in [1.807, 2.05) is 31.2 Å². The van der Waals surface area contributed by atoms with Crippen molar-refractivity contribution in [3.8, 4) is 5.75 Å². The van der Waals surface area contributed by atoms with Gasteiger partial charge in [-0.05, 0) is 54.9 Å². The summed E-state index contributed by atoms with van der Waals surface area (Å²) in [5.41, 5.74) is 0.943. The topological polar surface area (TPSA) is 96.9 Å². The standard InChI is InChI=1S/C26H40N2O5/c1-16(25(31)27-14-18-8-6-7-9-21(18)33-5)19-10-12-26(3)13-11-20(28-22(29)15-32-4)17(2)23(26)24(19)30/h6-9,16-17,19-20,23-24,30H,10-15H2,1-5H3,(H,27,31)(H,28,29)/t16-,17-,19-,20-,23+,24-,26+/m0/s1. The van der Waals surface area contributed by atoms with E-state index in [1.165, 1.54) is 7.11 Å². The maximum Gasteiger partial charge on any atom is 0.246 e. The fourth-order valence-corrected chi connectivity index (χ4v) is 6.26. The molecule has 0 unspecified atom stereocenters. The Kier molecular flexibility index (Phi) is 8.40. The Morgan fingerprint density at radius 3 is 2.61 bits per heavy atom. The monoisotopic (exact) mass is 460 g/mol. The Bertz CT molecular complexity index is 831. The van der Waals surface area contributed by atoms with Crippen LogP contribution in [0, 0.1) is 29.1 Å². The van der Waals surface area contributed by atoms with Crippen molar-refractivity contribution in [2.45, 2.75) is 65.1 Å². The minimum atomic E-state index is -0.590. The summed E-state index contributed by atoms with van der Waals surface area (Å²) in [6, 6.07) is 7.65. The fraction of sp³-hybridized carbons (Fsp3) is 0.692. The third-order valence-electron chi connectivity index (χ3n) is 8.21. The first-order valence-corrected chi connectivity index (χ1v) is 12.1. The summed E-state index contributed by atoms with van der Waals surface area (Å²) >= 11 is 0. The van der Waals surface area contributed by atoms with Gasteiger partial charge in [0.1, 0.15) is 12.4 Å². The molecule has 0 radical (unpaired) electrons. The number of rotatable bonds is 8. The molecular formula is C26H40N2O5. The summed E-state index contributed by atoms with van der Waals surface area (Å²) in [5, 5.41) is 17.6. The quantitative estimate of drug-likeness (QED) is 0.554. The zero-order valence-corrected chi connectivity index (χ0v) is 20.6. The van der Waals surface area contributed by atoms with Gasteiger partial charge in [-0.25, -0.2) is 0 Å². The number of benzene rings is 1. The number of carbonyl (C=O) groups excluding carboxylic acids is 2. The van der Waals surface area contributed by atoms with Crippen molar-refractivity contribution in [1.82, 2.24) is 10.6 Å². The number of fused-ring (bicyclic) bond motifs is 1. The average molecular weight is 461 g/mol. The minimum absolute atomic E-state index is 0.00815. The maximum atomic E-state index is 13.0. The van der Waals surface area contributed by atoms with E-state index in [9.17, 15) is 14.7 Å². The molecule has 0 heterocycles. The number of ether oxygens (including phenoxy) is 2. The molecule has 0 aromatic heterocycles. The van der Waals surface area contributed by atoms with Gasteiger partial charge in [-0.15, -0.1) is 0 Å². The van der Waals surface area contributed by atoms with Crippen LogP contribution in [0.5, 0.6) is 5.75 Å². The van der Waals surface area contributed by atoms with Crippen LogP contribution in [0.15, 0.2) is 24.3 Å². The molecule has 0 bridgehead atoms. The lowest BCUT2D eigenvalue weighted by Crippen LogP contribution is -2.58. The van der Waals surface area contributed by atoms with E-state index in [0.717, 1.165) is 37.0 Å². The van der Waals surface area contributed by atoms with Crippen LogP contribution in [0.4, 0.5) is 0 Å². The van der Waals surface area contributed by atoms with Gasteiger partial charge in [0.25, 0.3) is 0 Å². The van der Waals surface area contributed by atoms with Crippen LogP contribution >= 0.6 is 0 Å². The molecular weight excluding hydrogens is 420 g/mol. The summed E-state index contributed by atoms with van der Waals surface area (Å²) in [5.74, 6) is 0.294. The number of aliphatic hydroxyl groups is 1. The predicted octanol–water partition coefficient (Wildman–Crippen LogP) is 2.90. The molecule has 2 aliphatic rings. The molecule has 3 N–H and O–H groups in total. The lowest BCUT2D eigenvalue weighted by atomic mass is 9.51. The molecule has 7 nitrogen and oxygen atoms in total. The molecule has 0 saturated heterocycles. The molecule has 2 amide bonds. The van der Waals surface area contributed by atoms with Crippen molar-refractivity contribution >= 4 is 11.8 Å². The van der Waals surface area contributed by atoms with Crippen LogP contribution in [0.2, 0.25) is 0 Å². The number of hydrogen-bond donors (Lipinski definition) is 3. The molecule has 1 aromatic rings. The van der Waals surface area contributed by atoms with Crippen LogP contribution in [-0.2, 0) is 20.9 Å². The second-order valence-corrected chi connectivity index (χ2v) is 10.2. The molecule has 7 heteroatoms. The molecule has 0 aliphatic heterocycles. The third-order valence-corrected chi connectivity index (χ3v) is 8.21. The number of amides is 2. The molecule has 33 heavy (non-hydrogen) atoms. The van der Waals surface area contributed by atoms with Crippen molar-refractivity contribution in [2.75, 3.05) is 20.8 Å². The molecule has 1 aromatic carbocycles. The third kappa shape index (κ3) is 5.52. The molecule has 0 spiro atoms. The largest absolute Gasteiger partial charge is 0.496 e. The maximum absolute atomic E-state index is 13.0. The van der Waals surface area contributed by atoms with Crippen molar-refractivity contribution in [3.63, 3.8) is 0 Å². The van der Waals surface area contributed by atoms with Gasteiger partial charge in [0.05, 0.1) is 13.2 Å². The Morgan fingerprint density at radius 1 is 1.21 bits per heavy atom. The van der Waals surface area contributed by atoms with Crippen molar-refractivity contribution in [2.24, 2.45) is 29.1 Å². The molecule has 2 aliphatic carbocycles. The first-order valence-electron chi connectivity index (χ1n) is 12.1. The summed E-state index contributed by atoms with van der Waals surface area (Å²) in [7, 11) is 3.13. The number of aliphatic hydroxyl groups excluding tert-OH is 1. The first-order chi connectivity index (χ1) is 15.7. The van der Waals surface area contributed by atoms with Crippen LogP contribution in [0.25, 0.3) is 0 Å². The Labute approximate surface area is 197 Å². The van der Waals surface area contributed by atoms with E-state index in [0.29, 0.717) is 6.54 Å². The minimum Gasteiger partial charge on any atom is -0.496 e. The van der Waals surface area contributed by atoms with Crippen molar-refractivity contribution in [1.29, 1.82) is 0 Å². The van der Waals surface area contributed by atoms with Crippen LogP contribution < -0.4 is 15.4 Å². The van der Waals surface area contributed by atoms with E-state index in [4.69, 9.17) is 9.47 Å². The summed E-state index contributed by atoms with van der Waals surface area (Å²) in [6.45, 7) is 6.73. The number of nitrogens with one attached hydrogen (secondary N) is 2. The Balaban J connectivity index is 1.67. The predicted molar refractivity (Wildman–Crippen MR) is 127 cm³/mol. The van der Waals surface area contributed by atoms with Gasteiger partial charge >= 0.3 is 0 Å². The van der Waals surface area contributed by atoms with Gasteiger partial charge in [-0.1, -0.05) is 39.0 Å². The van der Waals surface area contributed by atoms with Gasteiger partial charge in [0, 0.05) is 31.2 Å². The molecule has 184 valence electrons. The van der Waals surface area contributed by atoms with E-state index in [2.05, 4.69) is 24.5 Å². The molecule has 2 fully saturated rings. The van der Waals surface area contributed by atoms with E-state index >= 15 is 0 Å². The Morgan fingerprint density at radius 2 is 1.91 bits per heavy atom. The van der Waals surface area contributed by atoms with Gasteiger partial charge in [0.2, 0.25) is 11.8 Å². The highest BCUT2D eigenvalue weighted by Gasteiger charge is 2.53. The highest BCUT2D eigenvalue weighted by molar-refractivity contribution is 5.79. The van der Waals surface area contributed by atoms with E-state index < -0.39 is 6.10 Å². The second kappa shape index (κ2) is 10.9. The lowest BCUT2D eigenvalue weighted by molar-refractivity contribution is -0.144. The van der Waals surface area contributed by atoms with Gasteiger partial charge in [-0.3, -0.25) is 9.59 Å². The normalized spacial score (nSPS) is 32.4. The highest BCUT2D eigenvalue weighted by atomic mass is 16.5. The fourth-order valence-electron chi connectivity index (χ4n) is 6.26. The summed E-state index contributed by atoms with van der Waals surface area (Å²) in [4.78, 5) is 25.1. The summed E-state index contributed by atoms with van der Waals surface area (Å²) in [6.07, 6.45) is 3.07. The zero-order valence-electron chi connectivity index (χ0n) is 20.6. The van der Waals surface area contributed by atoms with Gasteiger partial charge in [0.15, 0.2) is 0 Å². The van der Waals surface area contributed by atoms with E-state index in [-0.39, 0.29) is 53.5 Å². The van der Waals surface area contributed by atoms with Crippen molar-refractivity contribution < 1.29 is 24.2 Å².